The van der Waals surface area contributed by atoms with Crippen molar-refractivity contribution in [2.45, 2.75) is 36.6 Å². The van der Waals surface area contributed by atoms with E-state index in [2.05, 4.69) is 16.0 Å². The minimum Gasteiger partial charge on any atom is -0.495 e. The van der Waals surface area contributed by atoms with Gasteiger partial charge in [-0.05, 0) is 60.3 Å². The zero-order valence-electron chi connectivity index (χ0n) is 19.9. The van der Waals surface area contributed by atoms with Crippen molar-refractivity contribution in [2.75, 3.05) is 19.0 Å². The summed E-state index contributed by atoms with van der Waals surface area (Å²) in [6.45, 7) is 3.46. The van der Waals surface area contributed by atoms with Crippen molar-refractivity contribution < 1.29 is 17.9 Å². The van der Waals surface area contributed by atoms with Gasteiger partial charge in [-0.1, -0.05) is 53.5 Å². The number of hydrogen-bond acceptors (Lipinski definition) is 5. The van der Waals surface area contributed by atoms with Gasteiger partial charge in [0.15, 0.2) is 9.84 Å². The predicted molar refractivity (Wildman–Crippen MR) is 143 cm³/mol. The van der Waals surface area contributed by atoms with Crippen LogP contribution in [0.5, 0.6) is 5.75 Å². The van der Waals surface area contributed by atoms with Crippen molar-refractivity contribution in [3.8, 4) is 5.75 Å². The fourth-order valence-electron chi connectivity index (χ4n) is 4.18. The Morgan fingerprint density at radius 1 is 1.11 bits per heavy atom. The van der Waals surface area contributed by atoms with E-state index in [1.54, 1.807) is 25.1 Å². The number of hydrogen-bond donors (Lipinski definition) is 3. The van der Waals surface area contributed by atoms with Crippen molar-refractivity contribution in [1.29, 1.82) is 0 Å². The molecule has 7 nitrogen and oxygen atoms in total. The van der Waals surface area contributed by atoms with Crippen LogP contribution in [0.1, 0.15) is 35.2 Å². The third kappa shape index (κ3) is 5.95. The maximum absolute atomic E-state index is 13.1. The maximum Gasteiger partial charge on any atom is 0.319 e. The molecule has 190 valence electrons. The Morgan fingerprint density at radius 3 is 2.69 bits per heavy atom. The van der Waals surface area contributed by atoms with E-state index in [4.69, 9.17) is 27.9 Å². The van der Waals surface area contributed by atoms with E-state index in [0.717, 1.165) is 25.1 Å². The number of halogens is 2. The summed E-state index contributed by atoms with van der Waals surface area (Å²) in [6, 6.07) is 14.5. The van der Waals surface area contributed by atoms with Crippen LogP contribution in [0.3, 0.4) is 0 Å². The number of carbonyl (C=O) groups is 1. The molecule has 0 spiro atoms. The third-order valence-electron chi connectivity index (χ3n) is 6.09. The summed E-state index contributed by atoms with van der Waals surface area (Å²) in [5.74, 6) is 0.110. The minimum atomic E-state index is -3.63. The lowest BCUT2D eigenvalue weighted by atomic mass is 9.99. The number of methoxy groups -OCH3 is 1. The molecule has 3 aromatic rings. The van der Waals surface area contributed by atoms with Crippen LogP contribution in [0.4, 0.5) is 10.5 Å². The first-order valence-electron chi connectivity index (χ1n) is 11.4. The zero-order chi connectivity index (χ0) is 25.9. The van der Waals surface area contributed by atoms with Crippen LogP contribution >= 0.6 is 23.2 Å². The highest BCUT2D eigenvalue weighted by Gasteiger charge is 2.21. The van der Waals surface area contributed by atoms with Gasteiger partial charge in [0, 0.05) is 12.6 Å². The molecule has 1 atom stereocenters. The summed E-state index contributed by atoms with van der Waals surface area (Å²) < 4.78 is 31.7. The highest BCUT2D eigenvalue weighted by atomic mass is 35.5. The SMILES string of the molecule is COc1cc(S(=O)(=O)Cc2ccc3c(c2)CCNC3)ccc1NC(=O)NC(C)c1cccc(Cl)c1Cl. The fraction of sp³-hybridized carbons (Fsp3) is 0.269. The van der Waals surface area contributed by atoms with Crippen LogP contribution in [0.15, 0.2) is 59.5 Å². The molecule has 3 N–H and O–H groups in total. The third-order valence-corrected chi connectivity index (χ3v) is 8.61. The molecular formula is C26H27Cl2N3O4S. The van der Waals surface area contributed by atoms with E-state index < -0.39 is 21.9 Å². The van der Waals surface area contributed by atoms with E-state index >= 15 is 0 Å². The van der Waals surface area contributed by atoms with E-state index in [9.17, 15) is 13.2 Å². The quantitative estimate of drug-likeness (QED) is 0.362. The molecule has 1 aliphatic rings. The Kier molecular flexibility index (Phi) is 8.10. The summed E-state index contributed by atoms with van der Waals surface area (Å²) in [5, 5.41) is 9.58. The van der Waals surface area contributed by atoms with Gasteiger partial charge in [0.2, 0.25) is 0 Å². The van der Waals surface area contributed by atoms with Gasteiger partial charge in [-0.25, -0.2) is 13.2 Å². The molecule has 3 aromatic carbocycles. The van der Waals surface area contributed by atoms with Gasteiger partial charge in [-0.15, -0.1) is 0 Å². The molecule has 10 heteroatoms. The number of sulfone groups is 1. The number of rotatable bonds is 7. The molecule has 1 heterocycles. The van der Waals surface area contributed by atoms with Crippen LogP contribution in [0.25, 0.3) is 0 Å². The van der Waals surface area contributed by atoms with Crippen molar-refractivity contribution in [1.82, 2.24) is 10.6 Å². The van der Waals surface area contributed by atoms with Gasteiger partial charge < -0.3 is 20.7 Å². The van der Waals surface area contributed by atoms with E-state index in [-0.39, 0.29) is 16.4 Å². The monoisotopic (exact) mass is 547 g/mol. The Balaban J connectivity index is 1.47. The van der Waals surface area contributed by atoms with E-state index in [1.807, 2.05) is 18.2 Å². The summed E-state index contributed by atoms with van der Waals surface area (Å²) in [6.07, 6.45) is 0.877. The summed E-state index contributed by atoms with van der Waals surface area (Å²) in [5.41, 5.74) is 4.12. The average Bonchev–Trinajstić information content (AvgIpc) is 2.85. The maximum atomic E-state index is 13.1. The Hall–Kier alpha value is -2.78. The second kappa shape index (κ2) is 11.1. The van der Waals surface area contributed by atoms with Gasteiger partial charge in [0.1, 0.15) is 5.75 Å². The Bertz CT molecular complexity index is 1400. The first kappa shape index (κ1) is 26.3. The molecule has 0 saturated carbocycles. The number of benzene rings is 3. The molecule has 0 bridgehead atoms. The van der Waals surface area contributed by atoms with Gasteiger partial charge in [-0.2, -0.15) is 0 Å². The van der Waals surface area contributed by atoms with Crippen LogP contribution in [-0.2, 0) is 28.6 Å². The van der Waals surface area contributed by atoms with E-state index in [1.165, 1.54) is 36.4 Å². The number of urea groups is 1. The predicted octanol–water partition coefficient (Wildman–Crippen LogP) is 5.50. The molecule has 2 amide bonds. The number of amides is 2. The molecule has 0 aliphatic carbocycles. The second-order valence-corrected chi connectivity index (χ2v) is 11.4. The Morgan fingerprint density at radius 2 is 1.92 bits per heavy atom. The largest absolute Gasteiger partial charge is 0.495 e. The average molecular weight is 548 g/mol. The topological polar surface area (TPSA) is 96.5 Å². The number of ether oxygens (including phenoxy) is 1. The smallest absolute Gasteiger partial charge is 0.319 e. The molecule has 36 heavy (non-hydrogen) atoms. The molecule has 0 radical (unpaired) electrons. The van der Waals surface area contributed by atoms with Crippen molar-refractivity contribution in [3.63, 3.8) is 0 Å². The van der Waals surface area contributed by atoms with Crippen molar-refractivity contribution in [2.24, 2.45) is 0 Å². The molecule has 0 aromatic heterocycles. The van der Waals surface area contributed by atoms with Crippen LogP contribution in [-0.4, -0.2) is 28.1 Å². The van der Waals surface area contributed by atoms with Gasteiger partial charge in [-0.3, -0.25) is 0 Å². The lowest BCUT2D eigenvalue weighted by Gasteiger charge is -2.18. The number of fused-ring (bicyclic) bond motifs is 1. The van der Waals surface area contributed by atoms with Crippen LogP contribution in [0.2, 0.25) is 10.0 Å². The Labute approximate surface area is 221 Å². The lowest BCUT2D eigenvalue weighted by molar-refractivity contribution is 0.249. The zero-order valence-corrected chi connectivity index (χ0v) is 22.2. The van der Waals surface area contributed by atoms with E-state index in [0.29, 0.717) is 21.3 Å². The normalized spacial score (nSPS) is 14.0. The van der Waals surface area contributed by atoms with Gasteiger partial charge in [0.25, 0.3) is 0 Å². The molecular weight excluding hydrogens is 521 g/mol. The first-order valence-corrected chi connectivity index (χ1v) is 13.8. The molecule has 0 fully saturated rings. The summed E-state index contributed by atoms with van der Waals surface area (Å²) in [7, 11) is -2.22. The number of carbonyl (C=O) groups excluding carboxylic acids is 1. The molecule has 4 rings (SSSR count). The highest BCUT2D eigenvalue weighted by molar-refractivity contribution is 7.90. The van der Waals surface area contributed by atoms with Crippen LogP contribution in [0, 0.1) is 0 Å². The standard InChI is InChI=1S/C26H27Cl2N3O4S/c1-16(21-4-3-5-22(27)25(21)28)30-26(32)31-23-9-8-20(13-24(23)35-2)36(33,34)15-17-6-7-19-14-29-11-10-18(19)12-17/h3-9,12-13,16,29H,10-11,14-15H2,1-2H3,(H2,30,31,32). The van der Waals surface area contributed by atoms with Crippen molar-refractivity contribution in [3.05, 3.63) is 86.9 Å². The highest BCUT2D eigenvalue weighted by Crippen LogP contribution is 2.31. The van der Waals surface area contributed by atoms with Crippen LogP contribution < -0.4 is 20.7 Å². The first-order chi connectivity index (χ1) is 17.2. The lowest BCUT2D eigenvalue weighted by Crippen LogP contribution is -2.31. The van der Waals surface area contributed by atoms with Crippen molar-refractivity contribution >= 4 is 44.8 Å². The van der Waals surface area contributed by atoms with Gasteiger partial charge >= 0.3 is 6.03 Å². The summed E-state index contributed by atoms with van der Waals surface area (Å²) >= 11 is 12.3. The minimum absolute atomic E-state index is 0.115. The molecule has 1 unspecified atom stereocenters. The fourth-order valence-corrected chi connectivity index (χ4v) is 6.00. The van der Waals surface area contributed by atoms with Gasteiger partial charge in [0.05, 0.1) is 39.5 Å². The molecule has 0 saturated heterocycles. The number of nitrogens with one attached hydrogen (secondary N) is 3. The number of anilines is 1. The summed E-state index contributed by atoms with van der Waals surface area (Å²) in [4.78, 5) is 12.7. The molecule has 1 aliphatic heterocycles. The second-order valence-electron chi connectivity index (χ2n) is 8.61.